The zero-order valence-electron chi connectivity index (χ0n) is 4.70. The highest BCUT2D eigenvalue weighted by atomic mass is 15.2. The third-order valence-electron chi connectivity index (χ3n) is 1.48. The molecule has 0 atom stereocenters. The molecule has 2 nitrogen and oxygen atoms in total. The molecule has 7 heavy (non-hydrogen) atoms. The van der Waals surface area contributed by atoms with Crippen molar-refractivity contribution in [2.45, 2.75) is 6.04 Å². The Labute approximate surface area is 44.5 Å². The Morgan fingerprint density at radius 2 is 2.29 bits per heavy atom. The zero-order valence-corrected chi connectivity index (χ0v) is 4.70. The summed E-state index contributed by atoms with van der Waals surface area (Å²) in [6.07, 6.45) is 0. The summed E-state index contributed by atoms with van der Waals surface area (Å²) in [5.74, 6) is 0. The van der Waals surface area contributed by atoms with E-state index in [1.165, 1.54) is 18.0 Å². The molecule has 1 saturated heterocycles. The lowest BCUT2D eigenvalue weighted by molar-refractivity contribution is -0.898. The van der Waals surface area contributed by atoms with Gasteiger partial charge in [0.1, 0.15) is 6.04 Å². The molecule has 1 aliphatic heterocycles. The predicted octanol–water partition coefficient (Wildman–Crippen LogP) is -1.74. The van der Waals surface area contributed by atoms with Crippen molar-refractivity contribution in [2.75, 3.05) is 20.1 Å². The van der Waals surface area contributed by atoms with Crippen LogP contribution in [0.15, 0.2) is 0 Å². The molecule has 1 aliphatic rings. The van der Waals surface area contributed by atoms with Crippen LogP contribution in [-0.2, 0) is 0 Å². The molecule has 0 unspecified atom stereocenters. The van der Waals surface area contributed by atoms with Gasteiger partial charge in [-0.05, 0) is 7.05 Å². The van der Waals surface area contributed by atoms with Crippen molar-refractivity contribution >= 4 is 0 Å². The van der Waals surface area contributed by atoms with Gasteiger partial charge in [0.25, 0.3) is 0 Å². The van der Waals surface area contributed by atoms with Gasteiger partial charge in [-0.15, -0.1) is 0 Å². The number of quaternary nitrogens is 1. The van der Waals surface area contributed by atoms with Gasteiger partial charge in [-0.3, -0.25) is 0 Å². The van der Waals surface area contributed by atoms with E-state index in [0.29, 0.717) is 0 Å². The Morgan fingerprint density at radius 1 is 1.71 bits per heavy atom. The summed E-state index contributed by atoms with van der Waals surface area (Å²) >= 11 is 0. The summed E-state index contributed by atoms with van der Waals surface area (Å²) in [4.78, 5) is 1.39. The zero-order chi connectivity index (χ0) is 5.28. The van der Waals surface area contributed by atoms with E-state index in [9.17, 15) is 0 Å². The average Bonchev–Trinajstić information content (AvgIpc) is 1.58. The fourth-order valence-electron chi connectivity index (χ4n) is 0.841. The van der Waals surface area contributed by atoms with Gasteiger partial charge in [-0.1, -0.05) is 0 Å². The molecule has 1 fully saturated rings. The number of likely N-dealkylation sites (N-methyl/N-ethyl adjacent to an activating group) is 1. The van der Waals surface area contributed by atoms with E-state index in [-0.39, 0.29) is 0 Å². The lowest BCUT2D eigenvalue weighted by atomic mass is 10.1. The molecule has 0 aromatic carbocycles. The van der Waals surface area contributed by atoms with Gasteiger partial charge >= 0.3 is 0 Å². The van der Waals surface area contributed by atoms with Crippen LogP contribution in [-0.4, -0.2) is 26.2 Å². The molecule has 0 bridgehead atoms. The maximum Gasteiger partial charge on any atom is 0.102 e. The molecule has 0 saturated carbocycles. The summed E-state index contributed by atoms with van der Waals surface area (Å²) in [6.45, 7) is 2.38. The Kier molecular flexibility index (Phi) is 1.30. The fourth-order valence-corrected chi connectivity index (χ4v) is 0.841. The standard InChI is InChI=1S/C5H12N2/c1-6-5-3-7(2)4-5/h5-7H,2-4H2,1H3. The van der Waals surface area contributed by atoms with E-state index in [2.05, 4.69) is 12.4 Å². The Bertz CT molecular complexity index is 57.1. The van der Waals surface area contributed by atoms with Gasteiger partial charge in [0.15, 0.2) is 0 Å². The number of rotatable bonds is 1. The molecule has 2 heteroatoms. The van der Waals surface area contributed by atoms with Gasteiger partial charge in [-0.2, -0.15) is 7.05 Å². The fraction of sp³-hybridized carbons (Fsp3) is 0.800. The molecule has 0 spiro atoms. The molecular formula is C5H12N2. The molecule has 0 radical (unpaired) electrons. The number of hydrogen-bond acceptors (Lipinski definition) is 1. The molecular weight excluding hydrogens is 88.1 g/mol. The third kappa shape index (κ3) is 0.924. The smallest absolute Gasteiger partial charge is 0.102 e. The van der Waals surface area contributed by atoms with Gasteiger partial charge in [-0.25, -0.2) is 0 Å². The van der Waals surface area contributed by atoms with Crippen molar-refractivity contribution in [3.63, 3.8) is 0 Å². The van der Waals surface area contributed by atoms with E-state index in [1.54, 1.807) is 0 Å². The van der Waals surface area contributed by atoms with E-state index in [4.69, 9.17) is 0 Å². The Hall–Kier alpha value is -0.0800. The summed E-state index contributed by atoms with van der Waals surface area (Å²) in [7, 11) is 5.82. The maximum absolute atomic E-state index is 3.82. The van der Waals surface area contributed by atoms with E-state index in [0.717, 1.165) is 6.04 Å². The molecule has 1 heterocycles. The van der Waals surface area contributed by atoms with Crippen LogP contribution in [0.4, 0.5) is 0 Å². The third-order valence-corrected chi connectivity index (χ3v) is 1.48. The molecule has 0 aliphatic carbocycles. The lowest BCUT2D eigenvalue weighted by Gasteiger charge is -2.37. The molecule has 2 N–H and O–H groups in total. The van der Waals surface area contributed by atoms with Gasteiger partial charge in [0, 0.05) is 0 Å². The summed E-state index contributed by atoms with van der Waals surface area (Å²) in [5.41, 5.74) is 0. The quantitative estimate of drug-likeness (QED) is 0.374. The maximum atomic E-state index is 3.82. The second kappa shape index (κ2) is 1.80. The largest absolute Gasteiger partial charge is 0.465 e. The van der Waals surface area contributed by atoms with Crippen molar-refractivity contribution in [1.82, 2.24) is 5.32 Å². The van der Waals surface area contributed by atoms with Crippen LogP contribution >= 0.6 is 0 Å². The molecule has 1 rings (SSSR count). The first-order chi connectivity index (χ1) is 3.33. The van der Waals surface area contributed by atoms with Gasteiger partial charge < -0.3 is 10.2 Å². The molecule has 0 aromatic rings. The first-order valence-electron chi connectivity index (χ1n) is 2.67. The highest BCUT2D eigenvalue weighted by Crippen LogP contribution is 1.78. The van der Waals surface area contributed by atoms with Crippen molar-refractivity contribution < 1.29 is 4.90 Å². The van der Waals surface area contributed by atoms with Crippen LogP contribution in [0.2, 0.25) is 0 Å². The average molecular weight is 100 g/mol. The first-order valence-corrected chi connectivity index (χ1v) is 2.67. The number of likely N-dealkylation sites (tertiary alicyclic amines) is 1. The van der Waals surface area contributed by atoms with Crippen LogP contribution in [0.25, 0.3) is 0 Å². The second-order valence-corrected chi connectivity index (χ2v) is 2.14. The van der Waals surface area contributed by atoms with Crippen molar-refractivity contribution in [2.24, 2.45) is 0 Å². The highest BCUT2D eigenvalue weighted by Gasteiger charge is 2.21. The van der Waals surface area contributed by atoms with Crippen LogP contribution in [0.3, 0.4) is 0 Å². The summed E-state index contributed by atoms with van der Waals surface area (Å²) in [5, 5.41) is 3.17. The van der Waals surface area contributed by atoms with Gasteiger partial charge in [0.2, 0.25) is 0 Å². The molecule has 42 valence electrons. The topological polar surface area (TPSA) is 16.5 Å². The Balaban J connectivity index is 2.06. The molecule has 0 aromatic heterocycles. The minimum atomic E-state index is 0.743. The first kappa shape index (κ1) is 5.06. The normalized spacial score (nSPS) is 40.3. The highest BCUT2D eigenvalue weighted by molar-refractivity contribution is 4.67. The SMILES string of the molecule is [CH2-][NH+]1CC(NC)C1. The lowest BCUT2D eigenvalue weighted by Crippen LogP contribution is -3.18. The minimum absolute atomic E-state index is 0.743. The summed E-state index contributed by atoms with van der Waals surface area (Å²) < 4.78 is 0. The number of nitrogens with one attached hydrogen (secondary N) is 2. The van der Waals surface area contributed by atoms with E-state index < -0.39 is 0 Å². The van der Waals surface area contributed by atoms with Crippen LogP contribution in [0.5, 0.6) is 0 Å². The molecule has 0 amide bonds. The summed E-state index contributed by atoms with van der Waals surface area (Å²) in [6, 6.07) is 0.743. The van der Waals surface area contributed by atoms with Crippen molar-refractivity contribution in [3.05, 3.63) is 7.05 Å². The number of hydrogen-bond donors (Lipinski definition) is 2. The second-order valence-electron chi connectivity index (χ2n) is 2.14. The van der Waals surface area contributed by atoms with Crippen molar-refractivity contribution in [1.29, 1.82) is 0 Å². The van der Waals surface area contributed by atoms with Crippen molar-refractivity contribution in [3.8, 4) is 0 Å². The monoisotopic (exact) mass is 100 g/mol. The van der Waals surface area contributed by atoms with Crippen LogP contribution in [0.1, 0.15) is 0 Å². The Morgan fingerprint density at radius 3 is 2.43 bits per heavy atom. The van der Waals surface area contributed by atoms with E-state index >= 15 is 0 Å². The van der Waals surface area contributed by atoms with Crippen LogP contribution < -0.4 is 10.2 Å². The van der Waals surface area contributed by atoms with E-state index in [1.807, 2.05) is 7.05 Å². The minimum Gasteiger partial charge on any atom is -0.465 e. The van der Waals surface area contributed by atoms with Crippen LogP contribution in [0, 0.1) is 7.05 Å². The van der Waals surface area contributed by atoms with Gasteiger partial charge in [0.05, 0.1) is 13.1 Å². The predicted molar refractivity (Wildman–Crippen MR) is 28.9 cm³/mol.